The number of nitrogens with one attached hydrogen (secondary N) is 1. The van der Waals surface area contributed by atoms with Crippen molar-refractivity contribution in [3.63, 3.8) is 0 Å². The highest BCUT2D eigenvalue weighted by Gasteiger charge is 2.07. The van der Waals surface area contributed by atoms with Crippen molar-refractivity contribution < 1.29 is 0 Å². The smallest absolute Gasteiger partial charge is 0.193 e. The summed E-state index contributed by atoms with van der Waals surface area (Å²) in [6, 6.07) is 4.89. The van der Waals surface area contributed by atoms with Crippen LogP contribution in [-0.2, 0) is 13.0 Å². The quantitative estimate of drug-likeness (QED) is 0.780. The molecule has 0 radical (unpaired) electrons. The molecule has 0 amide bonds. The Balaban J connectivity index is 1.55. The Labute approximate surface area is 120 Å². The standard InChI is InChI=1S/C14H17N3S2/c1-10(7-13-4-3-11(2)19-13)15-8-12-9-17-5-6-18-14(17)16-12/h3-6,9-10,15H,7-8H2,1-2H3. The first-order chi connectivity index (χ1) is 9.20. The second-order valence-corrected chi connectivity index (χ2v) is 7.07. The molecule has 0 aromatic carbocycles. The summed E-state index contributed by atoms with van der Waals surface area (Å²) < 4.78 is 2.08. The molecular formula is C14H17N3S2. The molecule has 3 rings (SSSR count). The Morgan fingerprint density at radius 2 is 2.32 bits per heavy atom. The Hall–Kier alpha value is -1.17. The third kappa shape index (κ3) is 3.05. The molecule has 3 heterocycles. The third-order valence-corrected chi connectivity index (χ3v) is 4.87. The molecule has 0 spiro atoms. The molecule has 3 aromatic heterocycles. The van der Waals surface area contributed by atoms with Crippen LogP contribution in [0.2, 0.25) is 0 Å². The van der Waals surface area contributed by atoms with E-state index in [-0.39, 0.29) is 0 Å². The fourth-order valence-corrected chi connectivity index (χ4v) is 3.85. The van der Waals surface area contributed by atoms with Crippen LogP contribution in [0.1, 0.15) is 22.4 Å². The van der Waals surface area contributed by atoms with Gasteiger partial charge in [-0.15, -0.1) is 22.7 Å². The topological polar surface area (TPSA) is 29.3 Å². The second-order valence-electron chi connectivity index (χ2n) is 4.82. The van der Waals surface area contributed by atoms with Gasteiger partial charge in [0, 0.05) is 40.1 Å². The molecule has 3 aromatic rings. The fourth-order valence-electron chi connectivity index (χ4n) is 2.11. The molecule has 1 N–H and O–H groups in total. The van der Waals surface area contributed by atoms with E-state index >= 15 is 0 Å². The molecule has 1 atom stereocenters. The number of fused-ring (bicyclic) bond motifs is 1. The lowest BCUT2D eigenvalue weighted by Gasteiger charge is -2.11. The van der Waals surface area contributed by atoms with Crippen LogP contribution >= 0.6 is 22.7 Å². The van der Waals surface area contributed by atoms with E-state index in [9.17, 15) is 0 Å². The molecule has 0 bridgehead atoms. The summed E-state index contributed by atoms with van der Waals surface area (Å²) in [6.45, 7) is 5.22. The molecule has 1 unspecified atom stereocenters. The van der Waals surface area contributed by atoms with Gasteiger partial charge in [-0.1, -0.05) is 0 Å². The highest BCUT2D eigenvalue weighted by Crippen LogP contribution is 2.17. The molecule has 0 aliphatic rings. The average Bonchev–Trinajstić information content (AvgIpc) is 3.02. The molecule has 5 heteroatoms. The van der Waals surface area contributed by atoms with Crippen molar-refractivity contribution in [2.24, 2.45) is 0 Å². The molecular weight excluding hydrogens is 274 g/mol. The minimum atomic E-state index is 0.470. The molecule has 0 fully saturated rings. The lowest BCUT2D eigenvalue weighted by atomic mass is 10.2. The van der Waals surface area contributed by atoms with E-state index in [1.54, 1.807) is 11.3 Å². The SMILES string of the molecule is Cc1ccc(CC(C)NCc2cn3ccsc3n2)s1. The first-order valence-corrected chi connectivity index (χ1v) is 8.10. The van der Waals surface area contributed by atoms with E-state index in [1.165, 1.54) is 9.75 Å². The summed E-state index contributed by atoms with van der Waals surface area (Å²) >= 11 is 3.56. The van der Waals surface area contributed by atoms with Gasteiger partial charge in [0.15, 0.2) is 4.96 Å². The number of hydrogen-bond donors (Lipinski definition) is 1. The zero-order chi connectivity index (χ0) is 13.2. The van der Waals surface area contributed by atoms with Crippen molar-refractivity contribution in [3.05, 3.63) is 45.4 Å². The number of thiophene rings is 1. The van der Waals surface area contributed by atoms with Crippen LogP contribution in [-0.4, -0.2) is 15.4 Å². The van der Waals surface area contributed by atoms with E-state index in [2.05, 4.69) is 52.3 Å². The van der Waals surface area contributed by atoms with Gasteiger partial charge in [0.1, 0.15) is 0 Å². The van der Waals surface area contributed by atoms with Gasteiger partial charge in [-0.25, -0.2) is 4.98 Å². The van der Waals surface area contributed by atoms with Crippen LogP contribution in [0, 0.1) is 6.92 Å². The minimum absolute atomic E-state index is 0.470. The van der Waals surface area contributed by atoms with Crippen molar-refractivity contribution in [2.45, 2.75) is 32.9 Å². The van der Waals surface area contributed by atoms with Crippen LogP contribution in [0.3, 0.4) is 0 Å². The van der Waals surface area contributed by atoms with Crippen molar-refractivity contribution >= 4 is 27.6 Å². The summed E-state index contributed by atoms with van der Waals surface area (Å²) in [4.78, 5) is 8.48. The van der Waals surface area contributed by atoms with Gasteiger partial charge in [-0.05, 0) is 32.4 Å². The predicted octanol–water partition coefficient (Wildman–Crippen LogP) is 3.49. The van der Waals surface area contributed by atoms with Gasteiger partial charge in [-0.2, -0.15) is 0 Å². The van der Waals surface area contributed by atoms with Gasteiger partial charge >= 0.3 is 0 Å². The number of nitrogens with zero attached hydrogens (tertiary/aromatic N) is 2. The minimum Gasteiger partial charge on any atom is -0.308 e. The highest BCUT2D eigenvalue weighted by atomic mass is 32.1. The molecule has 3 nitrogen and oxygen atoms in total. The Kier molecular flexibility index (Phi) is 3.68. The molecule has 0 aliphatic heterocycles. The number of rotatable bonds is 5. The summed E-state index contributed by atoms with van der Waals surface area (Å²) in [6.07, 6.45) is 5.23. The first-order valence-electron chi connectivity index (χ1n) is 6.40. The molecule has 0 saturated carbocycles. The highest BCUT2D eigenvalue weighted by molar-refractivity contribution is 7.15. The van der Waals surface area contributed by atoms with Crippen LogP contribution in [0.15, 0.2) is 29.9 Å². The first kappa shape index (κ1) is 12.8. The number of thiazole rings is 1. The molecule has 100 valence electrons. The number of aryl methyl sites for hydroxylation is 1. The van der Waals surface area contributed by atoms with E-state index in [4.69, 9.17) is 0 Å². The van der Waals surface area contributed by atoms with E-state index in [0.717, 1.165) is 23.6 Å². The maximum absolute atomic E-state index is 4.58. The summed E-state index contributed by atoms with van der Waals surface area (Å²) in [7, 11) is 0. The van der Waals surface area contributed by atoms with Crippen LogP contribution in [0.25, 0.3) is 4.96 Å². The molecule has 0 saturated heterocycles. The van der Waals surface area contributed by atoms with Crippen LogP contribution < -0.4 is 5.32 Å². The lowest BCUT2D eigenvalue weighted by Crippen LogP contribution is -2.27. The Morgan fingerprint density at radius 1 is 1.42 bits per heavy atom. The Morgan fingerprint density at radius 3 is 3.05 bits per heavy atom. The number of aromatic nitrogens is 2. The maximum Gasteiger partial charge on any atom is 0.193 e. The van der Waals surface area contributed by atoms with Crippen molar-refractivity contribution in [1.82, 2.24) is 14.7 Å². The maximum atomic E-state index is 4.58. The summed E-state index contributed by atoms with van der Waals surface area (Å²) in [5.74, 6) is 0. The molecule has 19 heavy (non-hydrogen) atoms. The van der Waals surface area contributed by atoms with Gasteiger partial charge < -0.3 is 5.32 Å². The number of imidazole rings is 1. The van der Waals surface area contributed by atoms with E-state index in [0.29, 0.717) is 6.04 Å². The van der Waals surface area contributed by atoms with E-state index < -0.39 is 0 Å². The number of hydrogen-bond acceptors (Lipinski definition) is 4. The van der Waals surface area contributed by atoms with E-state index in [1.807, 2.05) is 17.5 Å². The third-order valence-electron chi connectivity index (χ3n) is 3.08. The average molecular weight is 291 g/mol. The predicted molar refractivity (Wildman–Crippen MR) is 82.1 cm³/mol. The second kappa shape index (κ2) is 5.45. The van der Waals surface area contributed by atoms with Gasteiger partial charge in [0.25, 0.3) is 0 Å². The zero-order valence-corrected chi connectivity index (χ0v) is 12.7. The van der Waals surface area contributed by atoms with Crippen LogP contribution in [0.4, 0.5) is 0 Å². The normalized spacial score (nSPS) is 13.2. The Bertz CT molecular complexity index is 636. The van der Waals surface area contributed by atoms with Crippen molar-refractivity contribution in [2.75, 3.05) is 0 Å². The monoisotopic (exact) mass is 291 g/mol. The summed E-state index contributed by atoms with van der Waals surface area (Å²) in [5.41, 5.74) is 1.11. The van der Waals surface area contributed by atoms with Gasteiger partial charge in [0.2, 0.25) is 0 Å². The van der Waals surface area contributed by atoms with Gasteiger partial charge in [0.05, 0.1) is 5.69 Å². The zero-order valence-electron chi connectivity index (χ0n) is 11.1. The summed E-state index contributed by atoms with van der Waals surface area (Å²) in [5, 5.41) is 5.60. The lowest BCUT2D eigenvalue weighted by molar-refractivity contribution is 0.544. The molecule has 0 aliphatic carbocycles. The fraction of sp³-hybridized carbons (Fsp3) is 0.357. The van der Waals surface area contributed by atoms with Crippen LogP contribution in [0.5, 0.6) is 0 Å². The largest absolute Gasteiger partial charge is 0.308 e. The van der Waals surface area contributed by atoms with Gasteiger partial charge in [-0.3, -0.25) is 4.40 Å². The van der Waals surface area contributed by atoms with Crippen molar-refractivity contribution in [1.29, 1.82) is 0 Å². The van der Waals surface area contributed by atoms with Crippen molar-refractivity contribution in [3.8, 4) is 0 Å².